The van der Waals surface area contributed by atoms with Crippen LogP contribution in [0.1, 0.15) is 72.6 Å². The zero-order chi connectivity index (χ0) is 41.8. The number of carbonyl (C=O) groups excluding carboxylic acids is 8. The number of hydrogen-bond acceptors (Lipinski definition) is 11. The molecule has 0 aromatic rings. The molecule has 310 valence electrons. The number of nitrogens with two attached hydrogens (primary N) is 4. The first kappa shape index (κ1) is 47.5. The highest BCUT2D eigenvalue weighted by molar-refractivity contribution is 5.97. The van der Waals surface area contributed by atoms with Crippen LogP contribution in [0.3, 0.4) is 0 Å². The van der Waals surface area contributed by atoms with Crippen LogP contribution in [0.15, 0.2) is 4.99 Å². The number of likely N-dealkylation sites (tertiary alicyclic amines) is 1. The summed E-state index contributed by atoms with van der Waals surface area (Å²) < 4.78 is 0. The molecule has 22 nitrogen and oxygen atoms in total. The Kier molecular flexibility index (Phi) is 20.7. The maximum absolute atomic E-state index is 13.8. The molecule has 0 unspecified atom stereocenters. The Morgan fingerprint density at radius 3 is 1.98 bits per heavy atom. The lowest BCUT2D eigenvalue weighted by atomic mass is 9.98. The molecule has 1 aliphatic heterocycles. The van der Waals surface area contributed by atoms with Crippen LogP contribution >= 0.6 is 0 Å². The SMILES string of the molecule is CC(C)C[C@H](NC(=O)[C@H](CCCN=C(N)N)NC(=O)CNC(=O)CN)C(=O)N[C@H](C(=O)N[C@@H](CCC(N)=O)C(=O)N1CCC[C@H]1C(=O)NCC(=O)O)C(C)C. The van der Waals surface area contributed by atoms with Crippen molar-refractivity contribution in [2.75, 3.05) is 32.7 Å². The van der Waals surface area contributed by atoms with Gasteiger partial charge in [-0.2, -0.15) is 0 Å². The topological polar surface area (TPSA) is 366 Å². The number of nitrogens with one attached hydrogen (secondary N) is 6. The minimum Gasteiger partial charge on any atom is -0.480 e. The minimum absolute atomic E-state index is 0.0477. The third-order valence-electron chi connectivity index (χ3n) is 8.36. The van der Waals surface area contributed by atoms with Crippen molar-refractivity contribution in [2.24, 2.45) is 39.8 Å². The third kappa shape index (κ3) is 17.9. The zero-order valence-electron chi connectivity index (χ0n) is 31.9. The van der Waals surface area contributed by atoms with Gasteiger partial charge < -0.3 is 64.8 Å². The Labute approximate surface area is 319 Å². The molecule has 1 aliphatic rings. The van der Waals surface area contributed by atoms with Crippen molar-refractivity contribution in [3.63, 3.8) is 0 Å². The van der Waals surface area contributed by atoms with Gasteiger partial charge in [0.1, 0.15) is 36.8 Å². The molecule has 8 amide bonds. The Balaban J connectivity index is 3.24. The fourth-order valence-electron chi connectivity index (χ4n) is 5.62. The fourth-order valence-corrected chi connectivity index (χ4v) is 5.62. The summed E-state index contributed by atoms with van der Waals surface area (Å²) in [6, 6.07) is -5.98. The number of aliphatic carboxylic acids is 1. The van der Waals surface area contributed by atoms with Crippen molar-refractivity contribution >= 4 is 59.2 Å². The molecule has 15 N–H and O–H groups in total. The van der Waals surface area contributed by atoms with Crippen molar-refractivity contribution in [1.82, 2.24) is 36.8 Å². The third-order valence-corrected chi connectivity index (χ3v) is 8.36. The number of hydrogen-bond donors (Lipinski definition) is 11. The predicted molar refractivity (Wildman–Crippen MR) is 198 cm³/mol. The van der Waals surface area contributed by atoms with E-state index in [2.05, 4.69) is 36.9 Å². The summed E-state index contributed by atoms with van der Waals surface area (Å²) in [7, 11) is 0. The smallest absolute Gasteiger partial charge is 0.322 e. The van der Waals surface area contributed by atoms with Gasteiger partial charge in [0.2, 0.25) is 47.3 Å². The Bertz CT molecular complexity index is 1420. The molecule has 0 aromatic heterocycles. The molecular weight excluding hydrogens is 724 g/mol. The maximum Gasteiger partial charge on any atom is 0.322 e. The number of amides is 8. The lowest BCUT2D eigenvalue weighted by Gasteiger charge is -2.31. The molecule has 1 saturated heterocycles. The molecule has 0 radical (unpaired) electrons. The van der Waals surface area contributed by atoms with Gasteiger partial charge in [-0.15, -0.1) is 0 Å². The van der Waals surface area contributed by atoms with Crippen LogP contribution in [0.4, 0.5) is 0 Å². The summed E-state index contributed by atoms with van der Waals surface area (Å²) >= 11 is 0. The van der Waals surface area contributed by atoms with Crippen molar-refractivity contribution < 1.29 is 48.3 Å². The van der Waals surface area contributed by atoms with Gasteiger partial charge in [-0.25, -0.2) is 0 Å². The maximum atomic E-state index is 13.8. The summed E-state index contributed by atoms with van der Waals surface area (Å²) in [6.07, 6.45) is 0.557. The summed E-state index contributed by atoms with van der Waals surface area (Å²) in [5, 5.41) is 23.9. The number of rotatable bonds is 24. The van der Waals surface area contributed by atoms with E-state index in [-0.39, 0.29) is 70.0 Å². The van der Waals surface area contributed by atoms with Gasteiger partial charge in [0, 0.05) is 19.5 Å². The average Bonchev–Trinajstić information content (AvgIpc) is 3.60. The van der Waals surface area contributed by atoms with E-state index in [1.54, 1.807) is 27.7 Å². The summed E-state index contributed by atoms with van der Waals surface area (Å²) in [6.45, 7) is 5.66. The van der Waals surface area contributed by atoms with Crippen LogP contribution in [0, 0.1) is 11.8 Å². The summed E-state index contributed by atoms with van der Waals surface area (Å²) in [5.74, 6) is -7.85. The molecule has 1 heterocycles. The van der Waals surface area contributed by atoms with E-state index < -0.39 is 102 Å². The number of nitrogens with zero attached hydrogens (tertiary/aromatic N) is 2. The minimum atomic E-state index is -1.34. The van der Waals surface area contributed by atoms with E-state index in [1.807, 2.05) is 0 Å². The van der Waals surface area contributed by atoms with Gasteiger partial charge in [0.15, 0.2) is 5.96 Å². The van der Waals surface area contributed by atoms with Gasteiger partial charge in [-0.05, 0) is 50.4 Å². The highest BCUT2D eigenvalue weighted by Crippen LogP contribution is 2.20. The van der Waals surface area contributed by atoms with Crippen LogP contribution in [0.25, 0.3) is 0 Å². The second-order valence-electron chi connectivity index (χ2n) is 13.8. The quantitative estimate of drug-likeness (QED) is 0.0249. The van der Waals surface area contributed by atoms with Crippen molar-refractivity contribution in [2.45, 2.75) is 103 Å². The number of primary amides is 1. The summed E-state index contributed by atoms with van der Waals surface area (Å²) in [5.41, 5.74) is 21.3. The molecule has 1 rings (SSSR count). The Hall–Kier alpha value is -5.54. The molecule has 0 saturated carbocycles. The number of guanidine groups is 1. The first-order chi connectivity index (χ1) is 25.8. The zero-order valence-corrected chi connectivity index (χ0v) is 31.9. The van der Waals surface area contributed by atoms with Gasteiger partial charge in [-0.1, -0.05) is 27.7 Å². The van der Waals surface area contributed by atoms with Crippen LogP contribution < -0.4 is 54.8 Å². The molecule has 5 atom stereocenters. The van der Waals surface area contributed by atoms with E-state index in [4.69, 9.17) is 28.0 Å². The van der Waals surface area contributed by atoms with E-state index in [0.29, 0.717) is 6.42 Å². The molecule has 55 heavy (non-hydrogen) atoms. The number of aliphatic imine (C=N–C) groups is 1. The molecule has 1 fully saturated rings. The predicted octanol–water partition coefficient (Wildman–Crippen LogP) is -4.79. The lowest BCUT2D eigenvalue weighted by molar-refractivity contribution is -0.143. The molecule has 0 aliphatic carbocycles. The first-order valence-electron chi connectivity index (χ1n) is 18.1. The fraction of sp³-hybridized carbons (Fsp3) is 0.697. The second-order valence-corrected chi connectivity index (χ2v) is 13.8. The molecule has 0 spiro atoms. The van der Waals surface area contributed by atoms with Crippen molar-refractivity contribution in [1.29, 1.82) is 0 Å². The van der Waals surface area contributed by atoms with E-state index in [0.717, 1.165) is 0 Å². The highest BCUT2D eigenvalue weighted by Gasteiger charge is 2.39. The van der Waals surface area contributed by atoms with Gasteiger partial charge in [0.25, 0.3) is 0 Å². The second kappa shape index (κ2) is 24.0. The van der Waals surface area contributed by atoms with E-state index in [9.17, 15) is 43.2 Å². The van der Waals surface area contributed by atoms with Crippen LogP contribution in [0.2, 0.25) is 0 Å². The lowest BCUT2D eigenvalue weighted by Crippen LogP contribution is -2.60. The van der Waals surface area contributed by atoms with Gasteiger partial charge >= 0.3 is 5.97 Å². The standard InChI is InChI=1S/C33H58N12O10/c1-17(2)13-21(43-28(51)19(7-5-11-38-33(36)37)41-25(48)15-39-24(47)14-34)29(52)44-27(18(3)4)31(54)42-20(9-10-23(35)46)32(55)45-12-6-8-22(45)30(53)40-16-26(49)50/h17-22,27H,5-16,34H2,1-4H3,(H2,35,46)(H,39,47)(H,40,53)(H,41,48)(H,42,54)(H,43,51)(H,44,52)(H,49,50)(H4,36,37,38)/t19-,20-,21-,22-,27-/m0/s1. The first-order valence-corrected chi connectivity index (χ1v) is 18.1. The van der Waals surface area contributed by atoms with Crippen LogP contribution in [0.5, 0.6) is 0 Å². The Morgan fingerprint density at radius 1 is 0.782 bits per heavy atom. The van der Waals surface area contributed by atoms with E-state index >= 15 is 0 Å². The molecular formula is C33H58N12O10. The molecule has 22 heteroatoms. The number of carboxylic acids is 1. The largest absolute Gasteiger partial charge is 0.480 e. The average molecular weight is 783 g/mol. The highest BCUT2D eigenvalue weighted by atomic mass is 16.4. The Morgan fingerprint density at radius 2 is 1.42 bits per heavy atom. The van der Waals surface area contributed by atoms with Crippen LogP contribution in [-0.4, -0.2) is 132 Å². The number of carbonyl (C=O) groups is 9. The number of carboxylic acid groups (broad SMARTS) is 1. The molecule has 0 aromatic carbocycles. The summed E-state index contributed by atoms with van der Waals surface area (Å²) in [4.78, 5) is 119. The van der Waals surface area contributed by atoms with Gasteiger partial charge in [-0.3, -0.25) is 48.1 Å². The normalized spacial score (nSPS) is 15.8. The van der Waals surface area contributed by atoms with E-state index in [1.165, 1.54) is 4.90 Å². The van der Waals surface area contributed by atoms with Gasteiger partial charge in [0.05, 0.1) is 13.1 Å². The van der Waals surface area contributed by atoms with Crippen LogP contribution in [-0.2, 0) is 43.2 Å². The molecule has 0 bridgehead atoms. The van der Waals surface area contributed by atoms with Crippen molar-refractivity contribution in [3.8, 4) is 0 Å². The van der Waals surface area contributed by atoms with Crippen molar-refractivity contribution in [3.05, 3.63) is 0 Å². The monoisotopic (exact) mass is 782 g/mol.